The fourth-order valence-corrected chi connectivity index (χ4v) is 19.8. The highest BCUT2D eigenvalue weighted by Gasteiger charge is 2.43. The van der Waals surface area contributed by atoms with E-state index >= 15 is 0 Å². The molecule has 0 spiro atoms. The third-order valence-corrected chi connectivity index (χ3v) is 27.1. The van der Waals surface area contributed by atoms with Gasteiger partial charge in [0.15, 0.2) is 11.6 Å². The molecule has 3 saturated heterocycles. The van der Waals surface area contributed by atoms with Gasteiger partial charge in [-0.1, -0.05) is 192 Å². The molecule has 20 nitrogen and oxygen atoms in total. The molecule has 5 heterocycles. The molecule has 135 heavy (non-hydrogen) atoms. The predicted octanol–water partition coefficient (Wildman–Crippen LogP) is 24.7. The third-order valence-electron chi connectivity index (χ3n) is 24.2. The number of carbonyl (C=O) groups excluding carboxylic acids is 4. The SMILES string of the molecule is CC(CC1(c2ccc(-c3cccc(C#N)c3)cc2)CCN(C(=O)OC(C)(C)C)CC1)C(=O)Nc1ccc(F)c(F)c1.N#Cc1cccc(-c2ccc(C3(OCC(=O)Nc4cc(Cl)cc(Cl)c4)CCN(Cc4ccc(-c5ccc(Cl)cc5)o4)CC3)cc2)c1.N#Cc1cccc(-c2ccc(C3(OCC(=O)Nc4cc(Cl)cc(Cl)c4)CCN(Cc4cccn4S(=O)(=O)c4ccccc4)CC3)cc2)c1. The summed E-state index contributed by atoms with van der Waals surface area (Å²) < 4.78 is 79.9. The van der Waals surface area contributed by atoms with E-state index in [0.717, 1.165) is 92.4 Å². The zero-order valence-electron chi connectivity index (χ0n) is 74.5. The van der Waals surface area contributed by atoms with Crippen LogP contribution in [-0.4, -0.2) is 109 Å². The zero-order valence-corrected chi connectivity index (χ0v) is 79.1. The van der Waals surface area contributed by atoms with E-state index in [1.807, 2.05) is 173 Å². The number of halogens is 7. The standard InChI is InChI=1S/C37H30Cl3N3O3.C37H32Cl2N4O4S.C33H35F2N3O3/c38-30-10-6-27(7-11-30)35-13-12-34(46-35)23-43-16-14-37(15-17-43,45-24-36(44)42-33-20-31(39)19-32(40)21-33)29-8-4-26(5-9-29)28-3-1-2-25(18-28)22-41;38-31-21-32(39)23-33(22-31)41-36(44)26-47-37(30-13-11-28(12-14-30)29-7-4-6-27(20-29)24-40)15-18-42(19-16-37)25-34-8-5-17-43(34)48(45,46)35-9-2-1-3-10-35;1-22(30(39)37-27-12-13-28(34)29(35)19-27)20-33(14-16-38(17-15-33)31(40)41-32(2,3)4)26-10-8-24(9-11-26)25-7-5-6-23(18-25)21-36/h1-13,18-21H,14-17,23-24H2,(H,42,44);1-14,17,20-23H,15-16,18-19,25-26H2,(H,41,44);5-13,18-19,22H,14-17,20H2,1-4H3,(H,37,39). The van der Waals surface area contributed by atoms with Crippen molar-refractivity contribution in [3.63, 3.8) is 0 Å². The summed E-state index contributed by atoms with van der Waals surface area (Å²) in [6.07, 6.45) is 5.45. The van der Waals surface area contributed by atoms with Gasteiger partial charge in [0.25, 0.3) is 10.0 Å². The van der Waals surface area contributed by atoms with Gasteiger partial charge in [-0.2, -0.15) is 15.8 Å². The monoisotopic (exact) mass is 1930 g/mol. The number of nitrogens with one attached hydrogen (secondary N) is 3. The fourth-order valence-electron chi connectivity index (χ4n) is 17.2. The van der Waals surface area contributed by atoms with Crippen LogP contribution in [0, 0.1) is 51.5 Å². The number of aromatic nitrogens is 1. The number of nitrogens with zero attached hydrogens (tertiary/aromatic N) is 7. The van der Waals surface area contributed by atoms with Crippen molar-refractivity contribution >= 4 is 109 Å². The molecule has 4 amide bonds. The fraction of sp³-hybridized carbons (Fsp3) is 0.243. The van der Waals surface area contributed by atoms with Gasteiger partial charge in [-0.3, -0.25) is 24.2 Å². The minimum absolute atomic E-state index is 0.140. The van der Waals surface area contributed by atoms with Crippen LogP contribution in [0.15, 0.2) is 295 Å². The second-order valence-corrected chi connectivity index (χ2v) is 38.7. The summed E-state index contributed by atoms with van der Waals surface area (Å²) in [5, 5.41) is 38.7. The van der Waals surface area contributed by atoms with Crippen LogP contribution in [0.2, 0.25) is 25.1 Å². The molecule has 11 aromatic carbocycles. The maximum Gasteiger partial charge on any atom is 0.410 e. The second kappa shape index (κ2) is 44.1. The van der Waals surface area contributed by atoms with E-state index in [0.29, 0.717) is 143 Å². The van der Waals surface area contributed by atoms with Gasteiger partial charge in [0.05, 0.1) is 57.5 Å². The van der Waals surface area contributed by atoms with Crippen molar-refractivity contribution in [1.82, 2.24) is 18.7 Å². The van der Waals surface area contributed by atoms with E-state index in [1.165, 1.54) is 10.0 Å². The first-order chi connectivity index (χ1) is 64.8. The van der Waals surface area contributed by atoms with Gasteiger partial charge in [0.1, 0.15) is 30.3 Å². The molecular formula is C107H97Cl5F2N10O10S. The van der Waals surface area contributed by atoms with Crippen LogP contribution in [0.3, 0.4) is 0 Å². The van der Waals surface area contributed by atoms with Crippen LogP contribution >= 0.6 is 58.0 Å². The first-order valence-corrected chi connectivity index (χ1v) is 47.3. The van der Waals surface area contributed by atoms with Crippen molar-refractivity contribution in [3.8, 4) is 62.9 Å². The van der Waals surface area contributed by atoms with Gasteiger partial charge in [0.2, 0.25) is 17.7 Å². The molecule has 0 aliphatic carbocycles. The molecule has 2 aromatic heterocycles. The smallest absolute Gasteiger partial charge is 0.410 e. The van der Waals surface area contributed by atoms with Gasteiger partial charge in [0, 0.05) is 117 Å². The van der Waals surface area contributed by atoms with Gasteiger partial charge in [-0.05, 0) is 267 Å². The van der Waals surface area contributed by atoms with E-state index in [2.05, 4.69) is 68.2 Å². The number of hydrogen-bond acceptors (Lipinski definition) is 15. The lowest BCUT2D eigenvalue weighted by atomic mass is 9.67. The summed E-state index contributed by atoms with van der Waals surface area (Å²) in [5.74, 6) is -1.72. The molecule has 1 unspecified atom stereocenters. The molecule has 3 aliphatic heterocycles. The Hall–Kier alpha value is -12.8. The van der Waals surface area contributed by atoms with Crippen molar-refractivity contribution < 1.29 is 55.0 Å². The highest BCUT2D eigenvalue weighted by atomic mass is 35.5. The lowest BCUT2D eigenvalue weighted by molar-refractivity contribution is -0.135. The Balaban J connectivity index is 0.000000163. The average Bonchev–Trinajstić information content (AvgIpc) is 1.74. The summed E-state index contributed by atoms with van der Waals surface area (Å²) >= 11 is 30.5. The largest absolute Gasteiger partial charge is 0.460 e. The van der Waals surface area contributed by atoms with Crippen LogP contribution in [0.4, 0.5) is 30.6 Å². The summed E-state index contributed by atoms with van der Waals surface area (Å²) in [6.45, 7) is 11.7. The van der Waals surface area contributed by atoms with Crippen LogP contribution in [-0.2, 0) is 68.3 Å². The van der Waals surface area contributed by atoms with Crippen molar-refractivity contribution in [2.24, 2.45) is 5.92 Å². The molecule has 0 bridgehead atoms. The van der Waals surface area contributed by atoms with E-state index < -0.39 is 49.8 Å². The average molecular weight is 1930 g/mol. The highest BCUT2D eigenvalue weighted by Crippen LogP contribution is 2.45. The van der Waals surface area contributed by atoms with Gasteiger partial charge >= 0.3 is 6.09 Å². The number of carbonyl (C=O) groups is 4. The minimum Gasteiger partial charge on any atom is -0.460 e. The Morgan fingerprint density at radius 1 is 0.452 bits per heavy atom. The first-order valence-electron chi connectivity index (χ1n) is 44.0. The number of amides is 4. The molecule has 3 fully saturated rings. The molecule has 16 rings (SSSR count). The molecule has 1 atom stereocenters. The first kappa shape index (κ1) is 98.2. The molecule has 0 radical (unpaired) electrons. The summed E-state index contributed by atoms with van der Waals surface area (Å²) in [4.78, 5) is 58.4. The molecule has 690 valence electrons. The molecule has 3 aliphatic rings. The molecule has 13 aromatic rings. The normalized spacial score (nSPS) is 14.9. The minimum atomic E-state index is -3.74. The maximum atomic E-state index is 13.7. The Morgan fingerprint density at radius 2 is 0.904 bits per heavy atom. The summed E-state index contributed by atoms with van der Waals surface area (Å²) in [5.41, 5.74) is 10.9. The van der Waals surface area contributed by atoms with Gasteiger partial charge in [-0.15, -0.1) is 0 Å². The summed E-state index contributed by atoms with van der Waals surface area (Å²) in [6, 6.07) is 89.8. The Labute approximate surface area is 809 Å². The number of anilines is 3. The third kappa shape index (κ3) is 25.6. The number of rotatable bonds is 25. The number of furan rings is 1. The Morgan fingerprint density at radius 3 is 1.36 bits per heavy atom. The molecular weight excluding hydrogens is 1830 g/mol. The number of nitriles is 3. The van der Waals surface area contributed by atoms with Crippen LogP contribution in [0.5, 0.6) is 0 Å². The van der Waals surface area contributed by atoms with Crippen LogP contribution < -0.4 is 16.0 Å². The Kier molecular flexibility index (Phi) is 32.1. The molecule has 3 N–H and O–H groups in total. The van der Waals surface area contributed by atoms with Crippen LogP contribution in [0.1, 0.15) is 117 Å². The Bertz CT molecular complexity index is 6620. The number of ether oxygens (including phenoxy) is 3. The van der Waals surface area contributed by atoms with Crippen molar-refractivity contribution in [1.29, 1.82) is 15.8 Å². The molecule has 28 heteroatoms. The maximum absolute atomic E-state index is 13.7. The topological polar surface area (TPSA) is 265 Å². The van der Waals surface area contributed by atoms with E-state index in [1.54, 1.807) is 102 Å². The second-order valence-electron chi connectivity index (χ2n) is 34.7. The van der Waals surface area contributed by atoms with Crippen LogP contribution in [0.25, 0.3) is 44.7 Å². The number of piperidine rings is 3. The van der Waals surface area contributed by atoms with Gasteiger partial charge in [-0.25, -0.2) is 26.0 Å². The van der Waals surface area contributed by atoms with Crippen molar-refractivity contribution in [2.45, 2.75) is 113 Å². The number of hydrogen-bond donors (Lipinski definition) is 3. The lowest BCUT2D eigenvalue weighted by Gasteiger charge is -2.43. The predicted molar refractivity (Wildman–Crippen MR) is 524 cm³/mol. The van der Waals surface area contributed by atoms with Gasteiger partial charge < -0.3 is 39.5 Å². The number of likely N-dealkylation sites (tertiary alicyclic amines) is 3. The summed E-state index contributed by atoms with van der Waals surface area (Å²) in [7, 11) is -3.74. The highest BCUT2D eigenvalue weighted by molar-refractivity contribution is 7.90. The van der Waals surface area contributed by atoms with E-state index in [4.69, 9.17) is 76.6 Å². The van der Waals surface area contributed by atoms with E-state index in [-0.39, 0.29) is 47.6 Å². The quantitative estimate of drug-likeness (QED) is 0.0480. The zero-order chi connectivity index (χ0) is 95.6. The van der Waals surface area contributed by atoms with Crippen molar-refractivity contribution in [2.75, 3.05) is 68.4 Å². The van der Waals surface area contributed by atoms with E-state index in [9.17, 15) is 52.2 Å². The molecule has 0 saturated carbocycles. The number of benzene rings is 11. The van der Waals surface area contributed by atoms with Crippen molar-refractivity contribution in [3.05, 3.63) is 367 Å². The lowest BCUT2D eigenvalue weighted by Crippen LogP contribution is -2.48.